The lowest BCUT2D eigenvalue weighted by atomic mass is 10.3. The quantitative estimate of drug-likeness (QED) is 0.646. The van der Waals surface area contributed by atoms with Crippen LogP contribution in [0.1, 0.15) is 10.5 Å². The third-order valence-corrected chi connectivity index (χ3v) is 5.25. The summed E-state index contributed by atoms with van der Waals surface area (Å²) in [7, 11) is -2.29. The molecule has 0 saturated carbocycles. The second-order valence-electron chi connectivity index (χ2n) is 5.29. The number of halogens is 2. The van der Waals surface area contributed by atoms with Gasteiger partial charge in [0.15, 0.2) is 11.0 Å². The first-order chi connectivity index (χ1) is 12.8. The number of benzene rings is 1. The lowest BCUT2D eigenvalue weighted by molar-refractivity contribution is 0.101. The van der Waals surface area contributed by atoms with Crippen LogP contribution in [0.4, 0.5) is 11.5 Å². The molecule has 0 unspecified atom stereocenters. The van der Waals surface area contributed by atoms with Crippen LogP contribution in [-0.4, -0.2) is 34.3 Å². The van der Waals surface area contributed by atoms with Gasteiger partial charge in [0.2, 0.25) is 0 Å². The minimum absolute atomic E-state index is 0.0178. The molecule has 3 rings (SSSR count). The van der Waals surface area contributed by atoms with Crippen molar-refractivity contribution >= 4 is 50.6 Å². The predicted octanol–water partition coefficient (Wildman–Crippen LogP) is 2.57. The van der Waals surface area contributed by atoms with Crippen LogP contribution < -0.4 is 10.0 Å². The molecular weight excluding hydrogens is 415 g/mol. The van der Waals surface area contributed by atoms with Crippen molar-refractivity contribution in [3.05, 3.63) is 58.5 Å². The fourth-order valence-corrected chi connectivity index (χ4v) is 3.49. The van der Waals surface area contributed by atoms with Crippen LogP contribution in [0.15, 0.2) is 47.5 Å². The van der Waals surface area contributed by atoms with Crippen molar-refractivity contribution in [1.82, 2.24) is 20.0 Å². The van der Waals surface area contributed by atoms with Gasteiger partial charge < -0.3 is 5.32 Å². The van der Waals surface area contributed by atoms with Crippen molar-refractivity contribution in [2.45, 2.75) is 4.90 Å². The molecule has 2 aromatic heterocycles. The van der Waals surface area contributed by atoms with Gasteiger partial charge in [-0.2, -0.15) is 5.10 Å². The number of hydrogen-bond acceptors (Lipinski definition) is 6. The molecule has 0 radical (unpaired) electrons. The zero-order valence-electron chi connectivity index (χ0n) is 13.7. The zero-order valence-corrected chi connectivity index (χ0v) is 16.0. The van der Waals surface area contributed by atoms with Crippen molar-refractivity contribution in [1.29, 1.82) is 0 Å². The molecule has 0 atom stereocenters. The maximum absolute atomic E-state index is 12.4. The molecule has 1 aromatic carbocycles. The number of aryl methyl sites for hydroxylation is 1. The largest absolute Gasteiger partial charge is 0.321 e. The van der Waals surface area contributed by atoms with Gasteiger partial charge in [-0.25, -0.2) is 8.42 Å². The minimum atomic E-state index is -3.87. The Bertz CT molecular complexity index is 1060. The van der Waals surface area contributed by atoms with Crippen LogP contribution in [0.5, 0.6) is 0 Å². The molecule has 2 heterocycles. The number of rotatable bonds is 5. The Morgan fingerprint density at radius 3 is 2.33 bits per heavy atom. The second kappa shape index (κ2) is 7.51. The van der Waals surface area contributed by atoms with E-state index in [9.17, 15) is 13.2 Å². The van der Waals surface area contributed by atoms with Crippen molar-refractivity contribution in [2.75, 3.05) is 10.0 Å². The first kappa shape index (κ1) is 19.1. The van der Waals surface area contributed by atoms with Crippen molar-refractivity contribution < 1.29 is 13.2 Å². The molecule has 9 nitrogen and oxygen atoms in total. The van der Waals surface area contributed by atoms with E-state index in [4.69, 9.17) is 23.2 Å². The number of nitrogens with zero attached hydrogens (tertiary/aromatic N) is 4. The first-order valence-electron chi connectivity index (χ1n) is 7.37. The Labute approximate surface area is 164 Å². The van der Waals surface area contributed by atoms with Gasteiger partial charge in [-0.1, -0.05) is 23.2 Å². The number of nitrogens with one attached hydrogen (secondary N) is 2. The molecule has 0 fully saturated rings. The van der Waals surface area contributed by atoms with Crippen molar-refractivity contribution in [2.24, 2.45) is 7.05 Å². The predicted molar refractivity (Wildman–Crippen MR) is 100 cm³/mol. The number of aromatic nitrogens is 4. The van der Waals surface area contributed by atoms with Gasteiger partial charge in [-0.3, -0.25) is 14.2 Å². The summed E-state index contributed by atoms with van der Waals surface area (Å²) in [5.74, 6) is -0.437. The summed E-state index contributed by atoms with van der Waals surface area (Å²) >= 11 is 11.5. The average Bonchev–Trinajstić information content (AvgIpc) is 2.96. The lowest BCUT2D eigenvalue weighted by Crippen LogP contribution is -2.17. The van der Waals surface area contributed by atoms with Crippen LogP contribution in [-0.2, 0) is 17.1 Å². The summed E-state index contributed by atoms with van der Waals surface area (Å²) in [6.07, 6.45) is 1.36. The highest BCUT2D eigenvalue weighted by atomic mass is 35.5. The molecule has 3 aromatic rings. The second-order valence-corrected chi connectivity index (χ2v) is 7.77. The molecule has 140 valence electrons. The van der Waals surface area contributed by atoms with E-state index in [2.05, 4.69) is 25.3 Å². The van der Waals surface area contributed by atoms with Crippen LogP contribution in [0, 0.1) is 0 Å². The smallest absolute Gasteiger partial charge is 0.275 e. The SMILES string of the molecule is Cn1ncc(Cl)c1C(=O)Nc1ccc(S(=O)(=O)Nc2ccc(Cl)nn2)cc1. The standard InChI is InChI=1S/C15H12Cl2N6O3S/c1-23-14(11(16)8-18-23)15(24)19-9-2-4-10(5-3-9)27(25,26)22-13-7-6-12(17)20-21-13/h2-8H,1H3,(H,19,24)(H,21,22). The Morgan fingerprint density at radius 2 is 1.78 bits per heavy atom. The molecule has 0 bridgehead atoms. The molecule has 0 saturated heterocycles. The Kier molecular flexibility index (Phi) is 5.31. The van der Waals surface area contributed by atoms with E-state index in [-0.39, 0.29) is 26.6 Å². The third kappa shape index (κ3) is 4.35. The third-order valence-electron chi connectivity index (χ3n) is 3.40. The summed E-state index contributed by atoms with van der Waals surface area (Å²) < 4.78 is 28.4. The van der Waals surface area contributed by atoms with Crippen LogP contribution >= 0.6 is 23.2 Å². The van der Waals surface area contributed by atoms with Crippen LogP contribution in [0.25, 0.3) is 0 Å². The van der Waals surface area contributed by atoms with Crippen LogP contribution in [0.2, 0.25) is 10.2 Å². The minimum Gasteiger partial charge on any atom is -0.321 e. The summed E-state index contributed by atoms with van der Waals surface area (Å²) in [6.45, 7) is 0. The molecule has 0 aliphatic carbocycles. The topological polar surface area (TPSA) is 119 Å². The van der Waals surface area contributed by atoms with E-state index in [0.29, 0.717) is 5.69 Å². The molecule has 0 aliphatic rings. The highest BCUT2D eigenvalue weighted by molar-refractivity contribution is 7.92. The van der Waals surface area contributed by atoms with E-state index < -0.39 is 15.9 Å². The molecule has 1 amide bonds. The molecular formula is C15H12Cl2N6O3S. The fourth-order valence-electron chi connectivity index (χ4n) is 2.14. The monoisotopic (exact) mass is 426 g/mol. The van der Waals surface area contributed by atoms with Gasteiger partial charge in [-0.15, -0.1) is 10.2 Å². The number of hydrogen-bond donors (Lipinski definition) is 2. The Morgan fingerprint density at radius 1 is 1.07 bits per heavy atom. The number of anilines is 2. The van der Waals surface area contributed by atoms with E-state index >= 15 is 0 Å². The number of carbonyl (C=O) groups excluding carboxylic acids is 1. The van der Waals surface area contributed by atoms with Gasteiger partial charge in [0.05, 0.1) is 16.1 Å². The van der Waals surface area contributed by atoms with Crippen molar-refractivity contribution in [3.8, 4) is 0 Å². The maximum atomic E-state index is 12.4. The first-order valence-corrected chi connectivity index (χ1v) is 9.61. The highest BCUT2D eigenvalue weighted by Crippen LogP contribution is 2.19. The highest BCUT2D eigenvalue weighted by Gasteiger charge is 2.18. The Balaban J connectivity index is 1.74. The number of amides is 1. The van der Waals surface area contributed by atoms with Gasteiger partial charge in [0.1, 0.15) is 5.69 Å². The lowest BCUT2D eigenvalue weighted by Gasteiger charge is -2.09. The maximum Gasteiger partial charge on any atom is 0.275 e. The summed E-state index contributed by atoms with van der Waals surface area (Å²) in [5, 5.41) is 14.1. The summed E-state index contributed by atoms with van der Waals surface area (Å²) in [4.78, 5) is 12.2. The zero-order chi connectivity index (χ0) is 19.6. The Hall–Kier alpha value is -2.69. The van der Waals surface area contributed by atoms with Gasteiger partial charge >= 0.3 is 0 Å². The van der Waals surface area contributed by atoms with Gasteiger partial charge in [0, 0.05) is 12.7 Å². The van der Waals surface area contributed by atoms with E-state index in [1.54, 1.807) is 7.05 Å². The normalized spacial score (nSPS) is 11.2. The summed E-state index contributed by atoms with van der Waals surface area (Å²) in [6, 6.07) is 8.38. The fraction of sp³-hybridized carbons (Fsp3) is 0.0667. The molecule has 27 heavy (non-hydrogen) atoms. The number of sulfonamides is 1. The van der Waals surface area contributed by atoms with E-state index in [0.717, 1.165) is 0 Å². The summed E-state index contributed by atoms with van der Waals surface area (Å²) in [5.41, 5.74) is 0.582. The molecule has 0 spiro atoms. The van der Waals surface area contributed by atoms with E-state index in [1.165, 1.54) is 47.3 Å². The van der Waals surface area contributed by atoms with Crippen LogP contribution in [0.3, 0.4) is 0 Å². The van der Waals surface area contributed by atoms with E-state index in [1.807, 2.05) is 0 Å². The molecule has 2 N–H and O–H groups in total. The van der Waals surface area contributed by atoms with Crippen molar-refractivity contribution in [3.63, 3.8) is 0 Å². The number of carbonyl (C=O) groups is 1. The van der Waals surface area contributed by atoms with Gasteiger partial charge in [-0.05, 0) is 36.4 Å². The molecule has 12 heteroatoms. The van der Waals surface area contributed by atoms with Gasteiger partial charge in [0.25, 0.3) is 15.9 Å². The molecule has 0 aliphatic heterocycles. The average molecular weight is 427 g/mol.